The van der Waals surface area contributed by atoms with E-state index < -0.39 is 5.82 Å². The van der Waals surface area contributed by atoms with Crippen molar-refractivity contribution in [1.29, 1.82) is 0 Å². The summed E-state index contributed by atoms with van der Waals surface area (Å²) in [5.41, 5.74) is 1.12. The van der Waals surface area contributed by atoms with Crippen LogP contribution in [0.2, 0.25) is 0 Å². The second-order valence-corrected chi connectivity index (χ2v) is 6.67. The van der Waals surface area contributed by atoms with Crippen molar-refractivity contribution in [2.75, 3.05) is 12.3 Å². The van der Waals surface area contributed by atoms with Crippen LogP contribution in [0.4, 0.5) is 4.39 Å². The molecule has 0 bridgehead atoms. The van der Waals surface area contributed by atoms with E-state index >= 15 is 0 Å². The van der Waals surface area contributed by atoms with Gasteiger partial charge in [0.1, 0.15) is 5.82 Å². The largest absolute Gasteiger partial charge is 0.356 e. The molecule has 0 aliphatic heterocycles. The highest BCUT2D eigenvalue weighted by Gasteiger charge is 2.15. The first-order valence-corrected chi connectivity index (χ1v) is 9.17. The monoisotopic (exact) mass is 371 g/mol. The van der Waals surface area contributed by atoms with Crippen molar-refractivity contribution in [3.63, 3.8) is 0 Å². The number of amides is 1. The summed E-state index contributed by atoms with van der Waals surface area (Å²) in [6.45, 7) is 4.02. The fourth-order valence-corrected chi connectivity index (χ4v) is 3.38. The Hall–Kier alpha value is -2.67. The molecule has 2 aromatic carbocycles. The average molecular weight is 371 g/mol. The number of nitrogens with one attached hydrogen (secondary N) is 1. The molecule has 0 saturated heterocycles. The zero-order chi connectivity index (χ0) is 18.7. The van der Waals surface area contributed by atoms with Gasteiger partial charge in [-0.2, -0.15) is 0 Å². The molecule has 0 unspecified atom stereocenters. The first kappa shape index (κ1) is 18.1. The number of benzene rings is 2. The Balaban J connectivity index is 2.15. The van der Waals surface area contributed by atoms with Gasteiger partial charge in [-0.25, -0.2) is 9.37 Å². The SMILES string of the molecule is CCNC(=O)CSc1nc2ccccc2c(=O)n1-c1ccc(C)c(F)c1. The molecular formula is C19H18FN3O2S. The van der Waals surface area contributed by atoms with Crippen molar-refractivity contribution in [2.24, 2.45) is 0 Å². The minimum atomic E-state index is -0.401. The van der Waals surface area contributed by atoms with E-state index in [2.05, 4.69) is 10.3 Å². The van der Waals surface area contributed by atoms with Gasteiger partial charge in [-0.3, -0.25) is 14.2 Å². The van der Waals surface area contributed by atoms with Crippen LogP contribution >= 0.6 is 11.8 Å². The summed E-state index contributed by atoms with van der Waals surface area (Å²) in [4.78, 5) is 29.3. The highest BCUT2D eigenvalue weighted by atomic mass is 32.2. The van der Waals surface area contributed by atoms with Crippen LogP contribution in [-0.4, -0.2) is 27.8 Å². The van der Waals surface area contributed by atoms with Gasteiger partial charge in [-0.15, -0.1) is 0 Å². The van der Waals surface area contributed by atoms with E-state index in [9.17, 15) is 14.0 Å². The standard InChI is InChI=1S/C19H18FN3O2S/c1-3-21-17(24)11-26-19-22-16-7-5-4-6-14(16)18(25)23(19)13-9-8-12(2)15(20)10-13/h4-10H,3,11H2,1-2H3,(H,21,24). The van der Waals surface area contributed by atoms with E-state index in [0.717, 1.165) is 11.8 Å². The summed E-state index contributed by atoms with van der Waals surface area (Å²) >= 11 is 1.15. The predicted molar refractivity (Wildman–Crippen MR) is 101 cm³/mol. The fourth-order valence-electron chi connectivity index (χ4n) is 2.54. The number of fused-ring (bicyclic) bond motifs is 1. The molecule has 7 heteroatoms. The topological polar surface area (TPSA) is 64.0 Å². The molecule has 0 atom stereocenters. The van der Waals surface area contributed by atoms with Gasteiger partial charge in [-0.1, -0.05) is 30.0 Å². The Morgan fingerprint density at radius 1 is 1.27 bits per heavy atom. The molecule has 1 aromatic heterocycles. The fraction of sp³-hybridized carbons (Fsp3) is 0.211. The molecular weight excluding hydrogens is 353 g/mol. The summed E-state index contributed by atoms with van der Waals surface area (Å²) in [6.07, 6.45) is 0. The van der Waals surface area contributed by atoms with Crippen molar-refractivity contribution in [3.05, 3.63) is 64.2 Å². The van der Waals surface area contributed by atoms with Gasteiger partial charge < -0.3 is 5.32 Å². The van der Waals surface area contributed by atoms with E-state index in [0.29, 0.717) is 33.9 Å². The van der Waals surface area contributed by atoms with Crippen molar-refractivity contribution in [3.8, 4) is 5.69 Å². The van der Waals surface area contributed by atoms with Gasteiger partial charge in [0, 0.05) is 6.54 Å². The molecule has 1 amide bonds. The molecule has 0 spiro atoms. The summed E-state index contributed by atoms with van der Waals surface area (Å²) in [7, 11) is 0. The molecule has 0 fully saturated rings. The van der Waals surface area contributed by atoms with Crippen LogP contribution in [0.1, 0.15) is 12.5 Å². The second-order valence-electron chi connectivity index (χ2n) is 5.73. The van der Waals surface area contributed by atoms with Crippen LogP contribution in [0, 0.1) is 12.7 Å². The second kappa shape index (κ2) is 7.70. The molecule has 134 valence electrons. The first-order chi connectivity index (χ1) is 12.5. The lowest BCUT2D eigenvalue weighted by Gasteiger charge is -2.13. The third-order valence-electron chi connectivity index (χ3n) is 3.86. The normalized spacial score (nSPS) is 10.9. The Morgan fingerprint density at radius 3 is 2.77 bits per heavy atom. The number of para-hydroxylation sites is 1. The maximum absolute atomic E-state index is 14.0. The van der Waals surface area contributed by atoms with Crippen LogP contribution in [0.15, 0.2) is 52.4 Å². The average Bonchev–Trinajstić information content (AvgIpc) is 2.63. The summed E-state index contributed by atoms with van der Waals surface area (Å²) in [6, 6.07) is 11.6. The lowest BCUT2D eigenvalue weighted by molar-refractivity contribution is -0.118. The first-order valence-electron chi connectivity index (χ1n) is 8.19. The van der Waals surface area contributed by atoms with Crippen molar-refractivity contribution >= 4 is 28.6 Å². The molecule has 0 aliphatic rings. The number of aromatic nitrogens is 2. The molecule has 1 heterocycles. The molecule has 5 nitrogen and oxygen atoms in total. The summed E-state index contributed by atoms with van der Waals surface area (Å²) < 4.78 is 15.4. The quantitative estimate of drug-likeness (QED) is 0.553. The summed E-state index contributed by atoms with van der Waals surface area (Å²) in [5.74, 6) is -0.434. The number of thioether (sulfide) groups is 1. The smallest absolute Gasteiger partial charge is 0.266 e. The van der Waals surface area contributed by atoms with Crippen LogP contribution < -0.4 is 10.9 Å². The minimum Gasteiger partial charge on any atom is -0.356 e. The lowest BCUT2D eigenvalue weighted by atomic mass is 10.2. The van der Waals surface area contributed by atoms with E-state index in [1.807, 2.05) is 6.92 Å². The molecule has 1 N–H and O–H groups in total. The van der Waals surface area contributed by atoms with E-state index in [4.69, 9.17) is 0 Å². The Bertz CT molecular complexity index is 1030. The van der Waals surface area contributed by atoms with Gasteiger partial charge in [0.25, 0.3) is 5.56 Å². The number of halogens is 1. The van der Waals surface area contributed by atoms with Crippen molar-refractivity contribution in [2.45, 2.75) is 19.0 Å². The maximum atomic E-state index is 14.0. The minimum absolute atomic E-state index is 0.118. The zero-order valence-corrected chi connectivity index (χ0v) is 15.3. The maximum Gasteiger partial charge on any atom is 0.266 e. The van der Waals surface area contributed by atoms with E-state index in [1.54, 1.807) is 43.3 Å². The Morgan fingerprint density at radius 2 is 2.04 bits per heavy atom. The highest BCUT2D eigenvalue weighted by molar-refractivity contribution is 7.99. The summed E-state index contributed by atoms with van der Waals surface area (Å²) in [5, 5.41) is 3.50. The van der Waals surface area contributed by atoms with Gasteiger partial charge in [0.15, 0.2) is 5.16 Å². The lowest BCUT2D eigenvalue weighted by Crippen LogP contribution is -2.26. The van der Waals surface area contributed by atoms with Gasteiger partial charge in [-0.05, 0) is 43.7 Å². The number of hydrogen-bond acceptors (Lipinski definition) is 4. The third-order valence-corrected chi connectivity index (χ3v) is 4.80. The number of carbonyl (C=O) groups excluding carboxylic acids is 1. The predicted octanol–water partition coefficient (Wildman–Crippen LogP) is 3.06. The molecule has 3 aromatic rings. The molecule has 0 saturated carbocycles. The number of carbonyl (C=O) groups is 1. The van der Waals surface area contributed by atoms with Gasteiger partial charge in [0.05, 0.1) is 22.3 Å². The van der Waals surface area contributed by atoms with Crippen molar-refractivity contribution in [1.82, 2.24) is 14.9 Å². The molecule has 0 aliphatic carbocycles. The Labute approximate surface area is 154 Å². The highest BCUT2D eigenvalue weighted by Crippen LogP contribution is 2.22. The van der Waals surface area contributed by atoms with Crippen LogP contribution in [0.25, 0.3) is 16.6 Å². The molecule has 26 heavy (non-hydrogen) atoms. The zero-order valence-electron chi connectivity index (χ0n) is 14.5. The molecule has 0 radical (unpaired) electrons. The van der Waals surface area contributed by atoms with Crippen LogP contribution in [-0.2, 0) is 4.79 Å². The number of nitrogens with zero attached hydrogens (tertiary/aromatic N) is 2. The van der Waals surface area contributed by atoms with Crippen LogP contribution in [0.5, 0.6) is 0 Å². The van der Waals surface area contributed by atoms with E-state index in [1.165, 1.54) is 10.6 Å². The van der Waals surface area contributed by atoms with Gasteiger partial charge >= 0.3 is 0 Å². The van der Waals surface area contributed by atoms with E-state index in [-0.39, 0.29) is 17.2 Å². The van der Waals surface area contributed by atoms with Crippen molar-refractivity contribution < 1.29 is 9.18 Å². The van der Waals surface area contributed by atoms with Gasteiger partial charge in [0.2, 0.25) is 5.91 Å². The number of aryl methyl sites for hydroxylation is 1. The number of hydrogen-bond donors (Lipinski definition) is 1. The molecule has 3 rings (SSSR count). The van der Waals surface area contributed by atoms with Crippen LogP contribution in [0.3, 0.4) is 0 Å². The number of rotatable bonds is 5. The Kier molecular flexibility index (Phi) is 5.37. The third kappa shape index (κ3) is 3.62.